The van der Waals surface area contributed by atoms with Crippen LogP contribution in [0.25, 0.3) is 0 Å². The first-order chi connectivity index (χ1) is 4.98. The minimum Gasteiger partial charge on any atom is -0.330 e. The fourth-order valence-corrected chi connectivity index (χ4v) is 1.03. The minimum absolute atomic E-state index is 0.467. The van der Waals surface area contributed by atoms with Crippen molar-refractivity contribution in [1.29, 1.82) is 0 Å². The summed E-state index contributed by atoms with van der Waals surface area (Å²) in [7, 11) is 0. The van der Waals surface area contributed by atoms with Crippen molar-refractivity contribution < 1.29 is 0 Å². The first-order valence-electron chi connectivity index (χ1n) is 4.68. The maximum atomic E-state index is 5.42. The van der Waals surface area contributed by atoms with Crippen LogP contribution >= 0.6 is 0 Å². The molecule has 0 aromatic rings. The Morgan fingerprint density at radius 3 is 2.09 bits per heavy atom. The lowest BCUT2D eigenvalue weighted by Gasteiger charge is -2.27. The maximum Gasteiger partial charge on any atom is -0.00773 e. The number of rotatable bonds is 4. The van der Waals surface area contributed by atoms with Gasteiger partial charge in [-0.05, 0) is 24.3 Å². The van der Waals surface area contributed by atoms with E-state index >= 15 is 0 Å². The van der Waals surface area contributed by atoms with Crippen molar-refractivity contribution in [2.75, 3.05) is 6.54 Å². The highest BCUT2D eigenvalue weighted by molar-refractivity contribution is 4.69. The Hall–Kier alpha value is -0.0400. The van der Waals surface area contributed by atoms with E-state index in [1.807, 2.05) is 0 Å². The van der Waals surface area contributed by atoms with Gasteiger partial charge in [-0.25, -0.2) is 0 Å². The summed E-state index contributed by atoms with van der Waals surface area (Å²) in [6.07, 6.45) is 3.79. The summed E-state index contributed by atoms with van der Waals surface area (Å²) in [5.41, 5.74) is 5.89. The average molecular weight is 157 g/mol. The zero-order valence-corrected chi connectivity index (χ0v) is 8.48. The number of hydrogen-bond acceptors (Lipinski definition) is 1. The zero-order valence-electron chi connectivity index (χ0n) is 8.48. The van der Waals surface area contributed by atoms with Crippen molar-refractivity contribution in [1.82, 2.24) is 0 Å². The summed E-state index contributed by atoms with van der Waals surface area (Å²) in [6.45, 7) is 10.1. The van der Waals surface area contributed by atoms with Gasteiger partial charge >= 0.3 is 0 Å². The van der Waals surface area contributed by atoms with Crippen LogP contribution in [0.2, 0.25) is 0 Å². The molecule has 0 aliphatic rings. The molecule has 0 bridgehead atoms. The Morgan fingerprint density at radius 1 is 1.18 bits per heavy atom. The molecule has 1 atom stereocenters. The summed E-state index contributed by atoms with van der Waals surface area (Å²) >= 11 is 0. The van der Waals surface area contributed by atoms with Crippen LogP contribution in [0.3, 0.4) is 0 Å². The van der Waals surface area contributed by atoms with E-state index in [0.717, 1.165) is 12.5 Å². The molecular weight excluding hydrogens is 134 g/mol. The quantitative estimate of drug-likeness (QED) is 0.624. The molecule has 0 saturated heterocycles. The highest BCUT2D eigenvalue weighted by Gasteiger charge is 2.18. The zero-order chi connectivity index (χ0) is 8.91. The Balaban J connectivity index is 3.44. The molecule has 0 aliphatic heterocycles. The van der Waals surface area contributed by atoms with Crippen molar-refractivity contribution in [3.05, 3.63) is 0 Å². The molecule has 0 rings (SSSR count). The monoisotopic (exact) mass is 157 g/mol. The number of hydrogen-bond donors (Lipinski definition) is 1. The van der Waals surface area contributed by atoms with Crippen LogP contribution in [0.4, 0.5) is 0 Å². The molecule has 68 valence electrons. The lowest BCUT2D eigenvalue weighted by molar-refractivity contribution is 0.241. The molecule has 2 N–H and O–H groups in total. The molecule has 0 aromatic carbocycles. The third-order valence-corrected chi connectivity index (χ3v) is 2.57. The highest BCUT2D eigenvalue weighted by atomic mass is 14.5. The lowest BCUT2D eigenvalue weighted by atomic mass is 9.79. The SMILES string of the molecule is CC(CCCCN)C(C)(C)C. The predicted octanol–water partition coefficient (Wildman–Crippen LogP) is 2.80. The van der Waals surface area contributed by atoms with E-state index in [0.29, 0.717) is 5.41 Å². The second-order valence-electron chi connectivity index (χ2n) is 4.55. The van der Waals surface area contributed by atoms with Crippen LogP contribution in [0.1, 0.15) is 47.0 Å². The van der Waals surface area contributed by atoms with Crippen molar-refractivity contribution >= 4 is 0 Å². The van der Waals surface area contributed by atoms with Gasteiger partial charge in [-0.3, -0.25) is 0 Å². The van der Waals surface area contributed by atoms with Crippen molar-refractivity contribution in [2.45, 2.75) is 47.0 Å². The smallest absolute Gasteiger partial charge is 0.00773 e. The van der Waals surface area contributed by atoms with Gasteiger partial charge in [0.1, 0.15) is 0 Å². The van der Waals surface area contributed by atoms with Gasteiger partial charge in [-0.2, -0.15) is 0 Å². The van der Waals surface area contributed by atoms with Gasteiger partial charge in [-0.1, -0.05) is 40.5 Å². The molecule has 0 saturated carbocycles. The molecular formula is C10H23N. The molecule has 0 aromatic heterocycles. The van der Waals surface area contributed by atoms with Gasteiger partial charge in [0.15, 0.2) is 0 Å². The van der Waals surface area contributed by atoms with E-state index in [2.05, 4.69) is 27.7 Å². The van der Waals surface area contributed by atoms with Gasteiger partial charge < -0.3 is 5.73 Å². The predicted molar refractivity (Wildman–Crippen MR) is 51.5 cm³/mol. The van der Waals surface area contributed by atoms with Crippen molar-refractivity contribution in [3.8, 4) is 0 Å². The topological polar surface area (TPSA) is 26.0 Å². The van der Waals surface area contributed by atoms with Crippen LogP contribution in [0.5, 0.6) is 0 Å². The van der Waals surface area contributed by atoms with Crippen LogP contribution in [0.15, 0.2) is 0 Å². The van der Waals surface area contributed by atoms with E-state index in [1.165, 1.54) is 19.3 Å². The van der Waals surface area contributed by atoms with Crippen LogP contribution < -0.4 is 5.73 Å². The van der Waals surface area contributed by atoms with Crippen LogP contribution in [-0.2, 0) is 0 Å². The van der Waals surface area contributed by atoms with E-state index in [9.17, 15) is 0 Å². The van der Waals surface area contributed by atoms with Gasteiger partial charge in [0, 0.05) is 0 Å². The van der Waals surface area contributed by atoms with Crippen LogP contribution in [0, 0.1) is 11.3 Å². The van der Waals surface area contributed by atoms with E-state index in [-0.39, 0.29) is 0 Å². The fraction of sp³-hybridized carbons (Fsp3) is 1.00. The van der Waals surface area contributed by atoms with E-state index < -0.39 is 0 Å². The molecule has 0 radical (unpaired) electrons. The number of nitrogens with two attached hydrogens (primary N) is 1. The van der Waals surface area contributed by atoms with E-state index in [1.54, 1.807) is 0 Å². The number of unbranched alkanes of at least 4 members (excludes halogenated alkanes) is 1. The fourth-order valence-electron chi connectivity index (χ4n) is 1.03. The third-order valence-electron chi connectivity index (χ3n) is 2.57. The van der Waals surface area contributed by atoms with Gasteiger partial charge in [0.2, 0.25) is 0 Å². The maximum absolute atomic E-state index is 5.42. The largest absolute Gasteiger partial charge is 0.330 e. The van der Waals surface area contributed by atoms with Gasteiger partial charge in [0.25, 0.3) is 0 Å². The molecule has 0 amide bonds. The van der Waals surface area contributed by atoms with Gasteiger partial charge in [-0.15, -0.1) is 0 Å². The summed E-state index contributed by atoms with van der Waals surface area (Å²) in [5, 5.41) is 0. The first-order valence-corrected chi connectivity index (χ1v) is 4.68. The van der Waals surface area contributed by atoms with E-state index in [4.69, 9.17) is 5.73 Å². The molecule has 0 heterocycles. The summed E-state index contributed by atoms with van der Waals surface area (Å²) in [6, 6.07) is 0. The summed E-state index contributed by atoms with van der Waals surface area (Å²) in [5.74, 6) is 0.814. The van der Waals surface area contributed by atoms with Crippen molar-refractivity contribution in [2.24, 2.45) is 17.1 Å². The molecule has 0 aliphatic carbocycles. The Labute approximate surface area is 71.4 Å². The molecule has 0 spiro atoms. The molecule has 1 heteroatoms. The minimum atomic E-state index is 0.467. The Bertz CT molecular complexity index is 91.5. The molecule has 1 unspecified atom stereocenters. The highest BCUT2D eigenvalue weighted by Crippen LogP contribution is 2.29. The van der Waals surface area contributed by atoms with Crippen molar-refractivity contribution in [3.63, 3.8) is 0 Å². The summed E-state index contributed by atoms with van der Waals surface area (Å²) < 4.78 is 0. The lowest BCUT2D eigenvalue weighted by Crippen LogP contribution is -2.17. The molecule has 0 fully saturated rings. The third kappa shape index (κ3) is 5.25. The standard InChI is InChI=1S/C10H23N/c1-9(10(2,3)4)7-5-6-8-11/h9H,5-8,11H2,1-4H3. The van der Waals surface area contributed by atoms with Crippen LogP contribution in [-0.4, -0.2) is 6.54 Å². The van der Waals surface area contributed by atoms with Gasteiger partial charge in [0.05, 0.1) is 0 Å². The second kappa shape index (κ2) is 4.76. The average Bonchev–Trinajstić information content (AvgIpc) is 1.86. The molecule has 11 heavy (non-hydrogen) atoms. The normalized spacial score (nSPS) is 15.0. The molecule has 1 nitrogen and oxygen atoms in total. The summed E-state index contributed by atoms with van der Waals surface area (Å²) in [4.78, 5) is 0. The Kier molecular flexibility index (Phi) is 4.74. The second-order valence-corrected chi connectivity index (χ2v) is 4.55. The Morgan fingerprint density at radius 2 is 1.73 bits per heavy atom. The first kappa shape index (κ1) is 11.0.